The normalized spacial score (nSPS) is 12.4. The number of nitrogens with two attached hydrogens (primary N) is 1. The highest BCUT2D eigenvalue weighted by molar-refractivity contribution is 7.90. The fraction of sp³-hybridized carbons (Fsp3) is 0.316. The largest absolute Gasteiger partial charge is 0.489 e. The number of sulfone groups is 1. The van der Waals surface area contributed by atoms with E-state index in [9.17, 15) is 13.2 Å². The van der Waals surface area contributed by atoms with Crippen LogP contribution >= 0.6 is 0 Å². The van der Waals surface area contributed by atoms with Gasteiger partial charge in [-0.1, -0.05) is 30.3 Å². The van der Waals surface area contributed by atoms with Crippen molar-refractivity contribution in [3.63, 3.8) is 0 Å². The van der Waals surface area contributed by atoms with E-state index >= 15 is 0 Å². The molecule has 1 unspecified atom stereocenters. The Morgan fingerprint density at radius 1 is 1.19 bits per heavy atom. The third kappa shape index (κ3) is 6.50. The second kappa shape index (κ2) is 8.82. The molecule has 2 rings (SSSR count). The van der Waals surface area contributed by atoms with Gasteiger partial charge in [0.2, 0.25) is 5.91 Å². The molecular formula is C19H24N2O4S. The van der Waals surface area contributed by atoms with Crippen LogP contribution in [-0.4, -0.2) is 32.4 Å². The van der Waals surface area contributed by atoms with E-state index in [4.69, 9.17) is 10.5 Å². The van der Waals surface area contributed by atoms with Gasteiger partial charge in [-0.05, 0) is 42.7 Å². The monoisotopic (exact) mass is 376 g/mol. The van der Waals surface area contributed by atoms with Crippen molar-refractivity contribution in [2.45, 2.75) is 26.0 Å². The molecule has 0 aliphatic heterocycles. The van der Waals surface area contributed by atoms with Gasteiger partial charge in [0.25, 0.3) is 0 Å². The van der Waals surface area contributed by atoms with E-state index in [1.165, 1.54) is 0 Å². The second-order valence-electron chi connectivity index (χ2n) is 6.27. The third-order valence-corrected chi connectivity index (χ3v) is 4.82. The lowest BCUT2D eigenvalue weighted by Gasteiger charge is -2.14. The van der Waals surface area contributed by atoms with E-state index in [-0.39, 0.29) is 12.2 Å². The Hall–Kier alpha value is -2.38. The van der Waals surface area contributed by atoms with Gasteiger partial charge in [0, 0.05) is 11.9 Å². The summed E-state index contributed by atoms with van der Waals surface area (Å²) >= 11 is 0. The Balaban J connectivity index is 1.93. The zero-order chi connectivity index (χ0) is 19.2. The summed E-state index contributed by atoms with van der Waals surface area (Å²) in [6, 6.07) is 14.3. The Kier molecular flexibility index (Phi) is 6.76. The van der Waals surface area contributed by atoms with Crippen LogP contribution in [0.15, 0.2) is 48.5 Å². The van der Waals surface area contributed by atoms with Gasteiger partial charge in [-0.3, -0.25) is 4.79 Å². The van der Waals surface area contributed by atoms with E-state index in [0.29, 0.717) is 18.0 Å². The number of ether oxygens (including phenoxy) is 1. The number of carbonyl (C=O) groups is 1. The number of aryl methyl sites for hydroxylation is 1. The molecule has 1 atom stereocenters. The fourth-order valence-corrected chi connectivity index (χ4v) is 2.99. The molecule has 0 fully saturated rings. The predicted octanol–water partition coefficient (Wildman–Crippen LogP) is 2.27. The molecule has 0 saturated heterocycles. The molecule has 3 N–H and O–H groups in total. The smallest absolute Gasteiger partial charge is 0.241 e. The van der Waals surface area contributed by atoms with Crippen LogP contribution in [0.25, 0.3) is 0 Å². The first-order chi connectivity index (χ1) is 12.2. The van der Waals surface area contributed by atoms with E-state index in [1.807, 2.05) is 43.3 Å². The Morgan fingerprint density at radius 3 is 2.50 bits per heavy atom. The van der Waals surface area contributed by atoms with Gasteiger partial charge < -0.3 is 15.8 Å². The summed E-state index contributed by atoms with van der Waals surface area (Å²) in [6.07, 6.45) is 1.21. The minimum atomic E-state index is -3.15. The summed E-state index contributed by atoms with van der Waals surface area (Å²) in [5, 5.41) is 2.73. The highest BCUT2D eigenvalue weighted by Gasteiger charge is 2.17. The van der Waals surface area contributed by atoms with Crippen LogP contribution in [0.2, 0.25) is 0 Å². The second-order valence-corrected chi connectivity index (χ2v) is 8.53. The number of hydrogen-bond acceptors (Lipinski definition) is 5. The molecule has 0 radical (unpaired) electrons. The van der Waals surface area contributed by atoms with Crippen LogP contribution in [0.3, 0.4) is 0 Å². The number of anilines is 1. The summed E-state index contributed by atoms with van der Waals surface area (Å²) in [7, 11) is -3.15. The molecule has 6 nitrogen and oxygen atoms in total. The molecule has 0 spiro atoms. The lowest BCUT2D eigenvalue weighted by atomic mass is 10.1. The van der Waals surface area contributed by atoms with Crippen LogP contribution in [0.1, 0.15) is 17.5 Å². The lowest BCUT2D eigenvalue weighted by molar-refractivity contribution is -0.117. The third-order valence-electron chi connectivity index (χ3n) is 3.84. The number of hydrogen-bond donors (Lipinski definition) is 2. The minimum Gasteiger partial charge on any atom is -0.489 e. The van der Waals surface area contributed by atoms with E-state index in [2.05, 4.69) is 5.32 Å². The topological polar surface area (TPSA) is 98.5 Å². The van der Waals surface area contributed by atoms with Crippen LogP contribution in [0.4, 0.5) is 5.69 Å². The standard InChI is InChI=1S/C19H24N2O4S/c1-14-12-16(25-13-15-6-4-3-5-7-15)8-9-18(14)21-19(22)17(20)10-11-26(2,23)24/h3-9,12,17H,10-11,13,20H2,1-2H3,(H,21,22). The number of rotatable bonds is 8. The van der Waals surface area contributed by atoms with Crippen LogP contribution < -0.4 is 15.8 Å². The van der Waals surface area contributed by atoms with Crippen molar-refractivity contribution in [2.75, 3.05) is 17.3 Å². The van der Waals surface area contributed by atoms with Crippen LogP contribution in [-0.2, 0) is 21.2 Å². The molecule has 140 valence electrons. The molecule has 7 heteroatoms. The number of benzene rings is 2. The first-order valence-electron chi connectivity index (χ1n) is 8.26. The van der Waals surface area contributed by atoms with Gasteiger partial charge in [-0.2, -0.15) is 0 Å². The van der Waals surface area contributed by atoms with Crippen molar-refractivity contribution in [3.05, 3.63) is 59.7 Å². The molecule has 2 aromatic rings. The molecular weight excluding hydrogens is 352 g/mol. The summed E-state index contributed by atoms with van der Waals surface area (Å²) in [5.74, 6) is 0.174. The van der Waals surface area contributed by atoms with E-state index < -0.39 is 21.8 Å². The molecule has 0 saturated carbocycles. The molecule has 1 amide bonds. The molecule has 0 aliphatic rings. The number of nitrogens with one attached hydrogen (secondary N) is 1. The van der Waals surface area contributed by atoms with Gasteiger partial charge in [-0.15, -0.1) is 0 Å². The Morgan fingerprint density at radius 2 is 1.88 bits per heavy atom. The van der Waals surface area contributed by atoms with Gasteiger partial charge in [0.15, 0.2) is 0 Å². The Labute approximate surface area is 154 Å². The summed E-state index contributed by atoms with van der Waals surface area (Å²) in [6.45, 7) is 2.31. The van der Waals surface area contributed by atoms with Crippen molar-refractivity contribution in [1.82, 2.24) is 0 Å². The lowest BCUT2D eigenvalue weighted by Crippen LogP contribution is -2.37. The average molecular weight is 376 g/mol. The minimum absolute atomic E-state index is 0.0853. The molecule has 0 heterocycles. The van der Waals surface area contributed by atoms with E-state index in [1.54, 1.807) is 12.1 Å². The molecule has 2 aromatic carbocycles. The SMILES string of the molecule is Cc1cc(OCc2ccccc2)ccc1NC(=O)C(N)CCS(C)(=O)=O. The average Bonchev–Trinajstić information content (AvgIpc) is 2.60. The van der Waals surface area contributed by atoms with Gasteiger partial charge >= 0.3 is 0 Å². The fourth-order valence-electron chi connectivity index (χ4n) is 2.30. The Bertz CT molecular complexity index is 851. The maximum absolute atomic E-state index is 12.1. The highest BCUT2D eigenvalue weighted by Crippen LogP contribution is 2.22. The van der Waals surface area contributed by atoms with E-state index in [0.717, 1.165) is 17.4 Å². The van der Waals surface area contributed by atoms with Crippen molar-refractivity contribution < 1.29 is 17.9 Å². The van der Waals surface area contributed by atoms with Gasteiger partial charge in [0.05, 0.1) is 11.8 Å². The molecule has 26 heavy (non-hydrogen) atoms. The maximum Gasteiger partial charge on any atom is 0.241 e. The quantitative estimate of drug-likeness (QED) is 0.736. The summed E-state index contributed by atoms with van der Waals surface area (Å²) in [5.41, 5.74) is 8.29. The van der Waals surface area contributed by atoms with Crippen molar-refractivity contribution in [1.29, 1.82) is 0 Å². The molecule has 0 aliphatic carbocycles. The highest BCUT2D eigenvalue weighted by atomic mass is 32.2. The van der Waals surface area contributed by atoms with Crippen LogP contribution in [0, 0.1) is 6.92 Å². The number of amides is 1. The van der Waals surface area contributed by atoms with Crippen molar-refractivity contribution in [2.24, 2.45) is 5.73 Å². The van der Waals surface area contributed by atoms with Crippen molar-refractivity contribution in [3.8, 4) is 5.75 Å². The molecule has 0 aromatic heterocycles. The first kappa shape index (κ1) is 19.9. The zero-order valence-corrected chi connectivity index (χ0v) is 15.8. The maximum atomic E-state index is 12.1. The summed E-state index contributed by atoms with van der Waals surface area (Å²) < 4.78 is 28.1. The summed E-state index contributed by atoms with van der Waals surface area (Å²) in [4.78, 5) is 12.1. The van der Waals surface area contributed by atoms with Gasteiger partial charge in [0.1, 0.15) is 22.2 Å². The van der Waals surface area contributed by atoms with Crippen molar-refractivity contribution >= 4 is 21.4 Å². The molecule has 0 bridgehead atoms. The zero-order valence-electron chi connectivity index (χ0n) is 14.9. The van der Waals surface area contributed by atoms with Crippen LogP contribution in [0.5, 0.6) is 5.75 Å². The predicted molar refractivity (Wildman–Crippen MR) is 103 cm³/mol. The van der Waals surface area contributed by atoms with Gasteiger partial charge in [-0.25, -0.2) is 8.42 Å². The first-order valence-corrected chi connectivity index (χ1v) is 10.3. The number of carbonyl (C=O) groups excluding carboxylic acids is 1.